The smallest absolute Gasteiger partial charge is 0.265 e. The average Bonchev–Trinajstić information content (AvgIpc) is 2.87. The van der Waals surface area contributed by atoms with E-state index in [1.54, 1.807) is 0 Å². The quantitative estimate of drug-likeness (QED) is 0.832. The van der Waals surface area contributed by atoms with Crippen molar-refractivity contribution in [2.45, 2.75) is 38.1 Å². The van der Waals surface area contributed by atoms with Crippen LogP contribution < -0.4 is 10.6 Å². The zero-order valence-electron chi connectivity index (χ0n) is 10.0. The van der Waals surface area contributed by atoms with Crippen LogP contribution in [0.2, 0.25) is 0 Å². The summed E-state index contributed by atoms with van der Waals surface area (Å²) in [7, 11) is 3.79. The number of hydrogen-bond acceptors (Lipinski definition) is 5. The maximum absolute atomic E-state index is 6.15. The monoisotopic (exact) mass is 224 g/mol. The Morgan fingerprint density at radius 3 is 2.69 bits per heavy atom. The maximum atomic E-state index is 6.15. The highest BCUT2D eigenvalue weighted by molar-refractivity contribution is 5.23. The minimum Gasteiger partial charge on any atom is -0.344 e. The van der Waals surface area contributed by atoms with Crippen molar-refractivity contribution in [2.24, 2.45) is 11.7 Å². The average molecular weight is 224 g/mol. The summed E-state index contributed by atoms with van der Waals surface area (Å²) in [5.74, 6) is 1.91. The van der Waals surface area contributed by atoms with Crippen LogP contribution in [0.5, 0.6) is 0 Å². The van der Waals surface area contributed by atoms with Crippen LogP contribution in [-0.2, 0) is 6.42 Å². The van der Waals surface area contributed by atoms with Gasteiger partial charge < -0.3 is 15.2 Å². The molecule has 16 heavy (non-hydrogen) atoms. The first-order valence-corrected chi connectivity index (χ1v) is 5.92. The van der Waals surface area contributed by atoms with E-state index in [0.29, 0.717) is 24.2 Å². The lowest BCUT2D eigenvalue weighted by atomic mass is 9.96. The van der Waals surface area contributed by atoms with Crippen LogP contribution in [0.4, 0.5) is 5.95 Å². The molecule has 1 aromatic heterocycles. The van der Waals surface area contributed by atoms with Gasteiger partial charge in [-0.15, -0.1) is 0 Å². The first kappa shape index (κ1) is 11.4. The van der Waals surface area contributed by atoms with E-state index in [1.165, 1.54) is 25.7 Å². The third-order valence-electron chi connectivity index (χ3n) is 3.27. The van der Waals surface area contributed by atoms with Gasteiger partial charge in [0, 0.05) is 26.6 Å². The van der Waals surface area contributed by atoms with E-state index in [0.717, 1.165) is 0 Å². The summed E-state index contributed by atoms with van der Waals surface area (Å²) < 4.78 is 5.17. The normalized spacial score (nSPS) is 18.9. The van der Waals surface area contributed by atoms with Crippen molar-refractivity contribution >= 4 is 5.95 Å². The molecule has 0 bridgehead atoms. The lowest BCUT2D eigenvalue weighted by Gasteiger charge is -2.16. The highest BCUT2D eigenvalue weighted by Gasteiger charge is 2.24. The molecule has 2 rings (SSSR count). The Balaban J connectivity index is 1.92. The van der Waals surface area contributed by atoms with Crippen LogP contribution in [0.25, 0.3) is 0 Å². The molecule has 5 nitrogen and oxygen atoms in total. The minimum atomic E-state index is 0.165. The minimum absolute atomic E-state index is 0.165. The maximum Gasteiger partial charge on any atom is 0.265 e. The fraction of sp³-hybridized carbons (Fsp3) is 0.818. The highest BCUT2D eigenvalue weighted by atomic mass is 16.5. The van der Waals surface area contributed by atoms with Gasteiger partial charge in [0.25, 0.3) is 5.95 Å². The van der Waals surface area contributed by atoms with Crippen molar-refractivity contribution in [1.82, 2.24) is 10.1 Å². The molecule has 0 radical (unpaired) electrons. The summed E-state index contributed by atoms with van der Waals surface area (Å²) in [5.41, 5.74) is 6.15. The van der Waals surface area contributed by atoms with Crippen LogP contribution >= 0.6 is 0 Å². The Morgan fingerprint density at radius 2 is 2.12 bits per heavy atom. The molecular formula is C11H20N4O. The van der Waals surface area contributed by atoms with Gasteiger partial charge in [0.05, 0.1) is 0 Å². The Labute approximate surface area is 96.0 Å². The molecule has 0 spiro atoms. The molecule has 5 heteroatoms. The second kappa shape index (κ2) is 4.82. The molecule has 1 unspecified atom stereocenters. The molecule has 0 aliphatic heterocycles. The standard InChI is InChI=1S/C11H20N4O/c1-15(2)11-13-10(16-14-11)7-9(12)8-5-3-4-6-8/h8-9H,3-7,12H2,1-2H3. The van der Waals surface area contributed by atoms with Gasteiger partial charge in [-0.05, 0) is 23.9 Å². The van der Waals surface area contributed by atoms with Gasteiger partial charge in [-0.2, -0.15) is 4.98 Å². The lowest BCUT2D eigenvalue weighted by molar-refractivity contribution is 0.341. The zero-order valence-corrected chi connectivity index (χ0v) is 10.0. The predicted molar refractivity (Wildman–Crippen MR) is 62.3 cm³/mol. The second-order valence-electron chi connectivity index (χ2n) is 4.80. The third-order valence-corrected chi connectivity index (χ3v) is 3.27. The van der Waals surface area contributed by atoms with Crippen molar-refractivity contribution in [1.29, 1.82) is 0 Å². The predicted octanol–water partition coefficient (Wildman–Crippen LogP) is 1.20. The fourth-order valence-electron chi connectivity index (χ4n) is 2.26. The number of hydrogen-bond donors (Lipinski definition) is 1. The van der Waals surface area contributed by atoms with Crippen LogP contribution in [0, 0.1) is 5.92 Å². The van der Waals surface area contributed by atoms with Crippen molar-refractivity contribution in [3.05, 3.63) is 5.89 Å². The van der Waals surface area contributed by atoms with Crippen molar-refractivity contribution in [3.8, 4) is 0 Å². The molecule has 0 saturated heterocycles. The molecule has 0 aromatic carbocycles. The van der Waals surface area contributed by atoms with Gasteiger partial charge in [0.1, 0.15) is 0 Å². The van der Waals surface area contributed by atoms with E-state index in [-0.39, 0.29) is 6.04 Å². The van der Waals surface area contributed by atoms with Gasteiger partial charge in [-0.25, -0.2) is 0 Å². The highest BCUT2D eigenvalue weighted by Crippen LogP contribution is 2.28. The molecule has 1 saturated carbocycles. The van der Waals surface area contributed by atoms with E-state index in [1.807, 2.05) is 19.0 Å². The largest absolute Gasteiger partial charge is 0.344 e. The Kier molecular flexibility index (Phi) is 3.43. The Bertz CT molecular complexity index is 330. The summed E-state index contributed by atoms with van der Waals surface area (Å²) in [6.07, 6.45) is 5.81. The van der Waals surface area contributed by atoms with Crippen LogP contribution in [0.3, 0.4) is 0 Å². The van der Waals surface area contributed by atoms with Crippen LogP contribution in [-0.4, -0.2) is 30.3 Å². The first-order valence-electron chi connectivity index (χ1n) is 5.92. The molecule has 1 fully saturated rings. The van der Waals surface area contributed by atoms with E-state index >= 15 is 0 Å². The van der Waals surface area contributed by atoms with E-state index in [9.17, 15) is 0 Å². The third kappa shape index (κ3) is 2.52. The SMILES string of the molecule is CN(C)c1noc(CC(N)C2CCCC2)n1. The number of anilines is 1. The van der Waals surface area contributed by atoms with Gasteiger partial charge in [0.2, 0.25) is 5.89 Å². The van der Waals surface area contributed by atoms with Gasteiger partial charge >= 0.3 is 0 Å². The molecular weight excluding hydrogens is 204 g/mol. The summed E-state index contributed by atoms with van der Waals surface area (Å²) in [6.45, 7) is 0. The van der Waals surface area contributed by atoms with E-state index < -0.39 is 0 Å². The molecule has 2 N–H and O–H groups in total. The number of rotatable bonds is 4. The lowest BCUT2D eigenvalue weighted by Crippen LogP contribution is -2.30. The fourth-order valence-corrected chi connectivity index (χ4v) is 2.26. The van der Waals surface area contributed by atoms with E-state index in [2.05, 4.69) is 10.1 Å². The molecule has 1 heterocycles. The molecule has 1 aliphatic rings. The summed E-state index contributed by atoms with van der Waals surface area (Å²) >= 11 is 0. The van der Waals surface area contributed by atoms with Crippen molar-refractivity contribution in [3.63, 3.8) is 0 Å². The van der Waals surface area contributed by atoms with E-state index in [4.69, 9.17) is 10.3 Å². The Morgan fingerprint density at radius 1 is 1.44 bits per heavy atom. The van der Waals surface area contributed by atoms with Gasteiger partial charge in [-0.3, -0.25) is 0 Å². The first-order chi connectivity index (χ1) is 7.66. The van der Waals surface area contributed by atoms with Crippen molar-refractivity contribution in [2.75, 3.05) is 19.0 Å². The molecule has 1 atom stereocenters. The molecule has 0 amide bonds. The van der Waals surface area contributed by atoms with Crippen molar-refractivity contribution < 1.29 is 4.52 Å². The van der Waals surface area contributed by atoms with Crippen LogP contribution in [0.15, 0.2) is 4.52 Å². The van der Waals surface area contributed by atoms with Crippen LogP contribution in [0.1, 0.15) is 31.6 Å². The summed E-state index contributed by atoms with van der Waals surface area (Å²) in [5, 5.41) is 3.88. The zero-order chi connectivity index (χ0) is 11.5. The molecule has 1 aromatic rings. The van der Waals surface area contributed by atoms with Gasteiger partial charge in [-0.1, -0.05) is 12.8 Å². The topological polar surface area (TPSA) is 68.2 Å². The second-order valence-corrected chi connectivity index (χ2v) is 4.80. The number of aromatic nitrogens is 2. The number of nitrogens with two attached hydrogens (primary N) is 1. The summed E-state index contributed by atoms with van der Waals surface area (Å²) in [6, 6.07) is 0.165. The number of nitrogens with zero attached hydrogens (tertiary/aromatic N) is 3. The summed E-state index contributed by atoms with van der Waals surface area (Å²) in [4.78, 5) is 6.12. The van der Waals surface area contributed by atoms with Gasteiger partial charge in [0.15, 0.2) is 0 Å². The molecule has 90 valence electrons. The Hall–Kier alpha value is -1.10. The molecule has 1 aliphatic carbocycles.